The lowest BCUT2D eigenvalue weighted by Crippen LogP contribution is -2.40. The lowest BCUT2D eigenvalue weighted by atomic mass is 9.95. The molecule has 0 saturated heterocycles. The fourth-order valence-corrected chi connectivity index (χ4v) is 4.34. The number of dihydropyridines is 1. The molecule has 2 aliphatic rings. The van der Waals surface area contributed by atoms with Gasteiger partial charge in [-0.15, -0.1) is 11.8 Å². The Hall–Kier alpha value is -1.17. The van der Waals surface area contributed by atoms with Gasteiger partial charge >= 0.3 is 6.18 Å². The van der Waals surface area contributed by atoms with Crippen LogP contribution in [0.3, 0.4) is 0 Å². The summed E-state index contributed by atoms with van der Waals surface area (Å²) in [6.07, 6.45) is -3.70. The van der Waals surface area contributed by atoms with Crippen LogP contribution in [0.5, 0.6) is 0 Å². The summed E-state index contributed by atoms with van der Waals surface area (Å²) in [6.45, 7) is 5.13. The van der Waals surface area contributed by atoms with Crippen LogP contribution < -0.4 is 5.32 Å². The van der Waals surface area contributed by atoms with Crippen LogP contribution in [0.1, 0.15) is 33.1 Å². The molecule has 1 aliphatic carbocycles. The van der Waals surface area contributed by atoms with E-state index in [0.29, 0.717) is 38.0 Å². The zero-order valence-electron chi connectivity index (χ0n) is 13.8. The Morgan fingerprint density at radius 1 is 1.38 bits per heavy atom. The van der Waals surface area contributed by atoms with Crippen LogP contribution in [0.25, 0.3) is 0 Å². The van der Waals surface area contributed by atoms with Crippen molar-refractivity contribution in [1.29, 1.82) is 5.26 Å². The lowest BCUT2D eigenvalue weighted by Gasteiger charge is -2.31. The first kappa shape index (κ1) is 19.2. The standard InChI is InChI=1S/C16H22F3N3OS/c1-3-22(4-2)13(23)9-24-15-11(8-20)14(16(17,18)19)10-6-5-7-12(10)21-15/h13,15,21,23H,3-7,9H2,1-2H3. The zero-order chi connectivity index (χ0) is 17.9. The van der Waals surface area contributed by atoms with Crippen molar-refractivity contribution >= 4 is 11.8 Å². The number of rotatable bonds is 6. The monoisotopic (exact) mass is 361 g/mol. The van der Waals surface area contributed by atoms with Crippen molar-refractivity contribution in [2.24, 2.45) is 0 Å². The molecule has 1 aliphatic heterocycles. The molecule has 0 aromatic heterocycles. The van der Waals surface area contributed by atoms with Crippen molar-refractivity contribution in [3.05, 3.63) is 22.4 Å². The Morgan fingerprint density at radius 3 is 2.58 bits per heavy atom. The van der Waals surface area contributed by atoms with Gasteiger partial charge in [0.15, 0.2) is 0 Å². The van der Waals surface area contributed by atoms with Crippen molar-refractivity contribution in [1.82, 2.24) is 10.2 Å². The molecule has 134 valence electrons. The first-order chi connectivity index (χ1) is 11.3. The number of aliphatic hydroxyl groups is 1. The number of halogens is 3. The quantitative estimate of drug-likeness (QED) is 0.712. The first-order valence-electron chi connectivity index (χ1n) is 8.07. The molecule has 0 aromatic rings. The fourth-order valence-electron chi connectivity index (χ4n) is 3.20. The number of alkyl halides is 3. The number of hydrogen-bond donors (Lipinski definition) is 2. The Balaban J connectivity index is 2.22. The van der Waals surface area contributed by atoms with Crippen molar-refractivity contribution in [2.75, 3.05) is 18.8 Å². The van der Waals surface area contributed by atoms with Crippen LogP contribution in [-0.2, 0) is 0 Å². The van der Waals surface area contributed by atoms with Gasteiger partial charge < -0.3 is 10.4 Å². The van der Waals surface area contributed by atoms with Gasteiger partial charge in [0.05, 0.1) is 17.2 Å². The summed E-state index contributed by atoms with van der Waals surface area (Å²) in [7, 11) is 0. The molecule has 2 unspecified atom stereocenters. The van der Waals surface area contributed by atoms with Crippen molar-refractivity contribution < 1.29 is 18.3 Å². The third-order valence-corrected chi connectivity index (χ3v) is 5.58. The highest BCUT2D eigenvalue weighted by atomic mass is 32.2. The molecule has 0 spiro atoms. The van der Waals surface area contributed by atoms with E-state index in [9.17, 15) is 23.5 Å². The summed E-state index contributed by atoms with van der Waals surface area (Å²) in [5, 5.41) is 21.8. The van der Waals surface area contributed by atoms with E-state index < -0.39 is 23.4 Å². The van der Waals surface area contributed by atoms with Crippen LogP contribution in [0, 0.1) is 11.3 Å². The second-order valence-electron chi connectivity index (χ2n) is 5.77. The summed E-state index contributed by atoms with van der Waals surface area (Å²) < 4.78 is 40.5. The fraction of sp³-hybridized carbons (Fsp3) is 0.688. The highest BCUT2D eigenvalue weighted by Gasteiger charge is 2.45. The van der Waals surface area contributed by atoms with Gasteiger partial charge in [-0.3, -0.25) is 4.90 Å². The molecule has 0 radical (unpaired) electrons. The Labute approximate surface area is 144 Å². The minimum absolute atomic E-state index is 0.234. The molecule has 0 amide bonds. The molecule has 0 bridgehead atoms. The molecule has 0 fully saturated rings. The minimum atomic E-state index is -4.53. The van der Waals surface area contributed by atoms with Crippen LogP contribution >= 0.6 is 11.8 Å². The Morgan fingerprint density at radius 2 is 2.04 bits per heavy atom. The van der Waals surface area contributed by atoms with Crippen molar-refractivity contribution in [3.63, 3.8) is 0 Å². The van der Waals surface area contributed by atoms with Gasteiger partial charge in [-0.05, 0) is 37.9 Å². The van der Waals surface area contributed by atoms with E-state index in [1.807, 2.05) is 18.7 Å². The van der Waals surface area contributed by atoms with Gasteiger partial charge in [0.1, 0.15) is 11.6 Å². The van der Waals surface area contributed by atoms with Gasteiger partial charge in [-0.2, -0.15) is 18.4 Å². The number of nitrogens with one attached hydrogen (secondary N) is 1. The predicted octanol–water partition coefficient (Wildman–Crippen LogP) is 3.13. The SMILES string of the molecule is CCN(CC)C(O)CSC1NC2=C(CCC2)C(C(F)(F)F)=C1C#N. The number of allylic oxidation sites excluding steroid dienone is 3. The largest absolute Gasteiger partial charge is 0.417 e. The maximum atomic E-state index is 13.5. The summed E-state index contributed by atoms with van der Waals surface area (Å²) in [5.41, 5.74) is -0.220. The third kappa shape index (κ3) is 3.90. The van der Waals surface area contributed by atoms with Gasteiger partial charge in [0, 0.05) is 11.4 Å². The number of nitriles is 1. The van der Waals surface area contributed by atoms with Crippen molar-refractivity contribution in [2.45, 2.75) is 50.9 Å². The molecule has 2 N–H and O–H groups in total. The van der Waals surface area contributed by atoms with Gasteiger partial charge in [-0.1, -0.05) is 13.8 Å². The van der Waals surface area contributed by atoms with E-state index in [1.54, 1.807) is 6.07 Å². The molecular weight excluding hydrogens is 339 g/mol. The van der Waals surface area contributed by atoms with E-state index in [2.05, 4.69) is 5.32 Å². The Bertz CT molecular complexity index is 576. The first-order valence-corrected chi connectivity index (χ1v) is 9.12. The predicted molar refractivity (Wildman–Crippen MR) is 87.9 cm³/mol. The van der Waals surface area contributed by atoms with Crippen molar-refractivity contribution in [3.8, 4) is 6.07 Å². The third-order valence-electron chi connectivity index (χ3n) is 4.41. The smallest absolute Gasteiger partial charge is 0.378 e. The van der Waals surface area contributed by atoms with Crippen LogP contribution in [0.15, 0.2) is 22.4 Å². The molecule has 0 saturated carbocycles. The number of thioether (sulfide) groups is 1. The molecule has 24 heavy (non-hydrogen) atoms. The molecule has 1 heterocycles. The molecule has 0 aromatic carbocycles. The minimum Gasteiger partial charge on any atom is -0.378 e. The van der Waals surface area contributed by atoms with Gasteiger partial charge in [0.25, 0.3) is 0 Å². The van der Waals surface area contributed by atoms with E-state index in [0.717, 1.165) is 11.8 Å². The van der Waals surface area contributed by atoms with Gasteiger partial charge in [0.2, 0.25) is 0 Å². The summed E-state index contributed by atoms with van der Waals surface area (Å²) in [4.78, 5) is 1.82. The molecule has 8 heteroatoms. The number of nitrogens with zero attached hydrogens (tertiary/aromatic N) is 2. The average Bonchev–Trinajstić information content (AvgIpc) is 2.99. The summed E-state index contributed by atoms with van der Waals surface area (Å²) in [6, 6.07) is 1.75. The summed E-state index contributed by atoms with van der Waals surface area (Å²) >= 11 is 1.15. The van der Waals surface area contributed by atoms with Crippen LogP contribution in [-0.4, -0.2) is 46.6 Å². The summed E-state index contributed by atoms with van der Waals surface area (Å²) in [5.74, 6) is 0.234. The highest BCUT2D eigenvalue weighted by Crippen LogP contribution is 2.45. The molecule has 4 nitrogen and oxygen atoms in total. The Kier molecular flexibility index (Phi) is 6.23. The zero-order valence-corrected chi connectivity index (χ0v) is 14.6. The van der Waals surface area contributed by atoms with E-state index in [4.69, 9.17) is 0 Å². The molecule has 2 atom stereocenters. The van der Waals surface area contributed by atoms with Crippen LogP contribution in [0.4, 0.5) is 13.2 Å². The number of aliphatic hydroxyl groups excluding tert-OH is 1. The normalized spacial score (nSPS) is 22.5. The van der Waals surface area contributed by atoms with Gasteiger partial charge in [-0.25, -0.2) is 0 Å². The second kappa shape index (κ2) is 7.81. The number of hydrogen-bond acceptors (Lipinski definition) is 5. The highest BCUT2D eigenvalue weighted by molar-refractivity contribution is 8.00. The lowest BCUT2D eigenvalue weighted by molar-refractivity contribution is -0.0905. The van der Waals surface area contributed by atoms with Crippen LogP contribution in [0.2, 0.25) is 0 Å². The van der Waals surface area contributed by atoms with E-state index >= 15 is 0 Å². The molecular formula is C16H22F3N3OS. The molecule has 2 rings (SSSR count). The van der Waals surface area contributed by atoms with E-state index in [-0.39, 0.29) is 16.9 Å². The average molecular weight is 361 g/mol. The maximum absolute atomic E-state index is 13.5. The van der Waals surface area contributed by atoms with E-state index in [1.165, 1.54) is 0 Å². The maximum Gasteiger partial charge on any atom is 0.417 e. The second-order valence-corrected chi connectivity index (χ2v) is 6.91. The topological polar surface area (TPSA) is 59.3 Å².